The summed E-state index contributed by atoms with van der Waals surface area (Å²) in [4.78, 5) is 15.9. The summed E-state index contributed by atoms with van der Waals surface area (Å²) in [7, 11) is 0. The quantitative estimate of drug-likeness (QED) is 0.786. The number of carbonyl (C=O) groups is 1. The summed E-state index contributed by atoms with van der Waals surface area (Å²) in [6, 6.07) is 3.50. The molecule has 1 aliphatic carbocycles. The highest BCUT2D eigenvalue weighted by Gasteiger charge is 2.17. The number of esters is 1. The first-order chi connectivity index (χ1) is 8.81. The van der Waals surface area contributed by atoms with Crippen molar-refractivity contribution in [3.8, 4) is 0 Å². The van der Waals surface area contributed by atoms with Gasteiger partial charge in [-0.15, -0.1) is 0 Å². The summed E-state index contributed by atoms with van der Waals surface area (Å²) in [5.74, 6) is 1.18. The Hall–Kier alpha value is -1.58. The standard InChI is InChI=1S/C14H20N2O2/c1-2-18-14(17)12-7-4-9-15-13(12)16-10-8-11-5-3-6-11/h4,7,9,11H,2-3,5-6,8,10H2,1H3,(H,15,16). The zero-order valence-electron chi connectivity index (χ0n) is 10.8. The topological polar surface area (TPSA) is 51.2 Å². The average Bonchev–Trinajstić information content (AvgIpc) is 2.33. The van der Waals surface area contributed by atoms with E-state index < -0.39 is 0 Å². The molecule has 98 valence electrons. The molecule has 4 heteroatoms. The van der Waals surface area contributed by atoms with Crippen LogP contribution in [0.4, 0.5) is 5.82 Å². The second-order valence-corrected chi connectivity index (χ2v) is 4.63. The van der Waals surface area contributed by atoms with Gasteiger partial charge in [0.05, 0.1) is 6.61 Å². The molecule has 0 unspecified atom stereocenters. The molecule has 0 atom stereocenters. The van der Waals surface area contributed by atoms with Gasteiger partial charge in [0.2, 0.25) is 0 Å². The van der Waals surface area contributed by atoms with Crippen molar-refractivity contribution in [2.75, 3.05) is 18.5 Å². The molecular formula is C14H20N2O2. The van der Waals surface area contributed by atoms with Gasteiger partial charge < -0.3 is 10.1 Å². The SMILES string of the molecule is CCOC(=O)c1cccnc1NCCC1CCC1. The second-order valence-electron chi connectivity index (χ2n) is 4.63. The van der Waals surface area contributed by atoms with Crippen LogP contribution in [0.1, 0.15) is 43.0 Å². The van der Waals surface area contributed by atoms with Crippen LogP contribution in [-0.4, -0.2) is 24.1 Å². The van der Waals surface area contributed by atoms with E-state index in [0.717, 1.165) is 18.9 Å². The maximum Gasteiger partial charge on any atom is 0.341 e. The number of aromatic nitrogens is 1. The summed E-state index contributed by atoms with van der Waals surface area (Å²) in [6.07, 6.45) is 6.89. The lowest BCUT2D eigenvalue weighted by atomic mass is 9.83. The molecule has 0 saturated heterocycles. The van der Waals surface area contributed by atoms with Gasteiger partial charge in [-0.3, -0.25) is 0 Å². The minimum atomic E-state index is -0.309. The second kappa shape index (κ2) is 6.38. The van der Waals surface area contributed by atoms with Gasteiger partial charge in [0.25, 0.3) is 0 Å². The third kappa shape index (κ3) is 3.22. The van der Waals surface area contributed by atoms with Crippen molar-refractivity contribution in [3.63, 3.8) is 0 Å². The Balaban J connectivity index is 1.91. The molecule has 0 spiro atoms. The van der Waals surface area contributed by atoms with Crippen LogP contribution in [0.15, 0.2) is 18.3 Å². The Kier molecular flexibility index (Phi) is 4.56. The number of nitrogens with one attached hydrogen (secondary N) is 1. The highest BCUT2D eigenvalue weighted by atomic mass is 16.5. The minimum absolute atomic E-state index is 0.309. The summed E-state index contributed by atoms with van der Waals surface area (Å²) in [6.45, 7) is 3.06. The molecule has 1 aromatic rings. The van der Waals surface area contributed by atoms with Crippen LogP contribution in [0.3, 0.4) is 0 Å². The maximum absolute atomic E-state index is 11.7. The molecule has 1 saturated carbocycles. The number of pyridine rings is 1. The molecule has 1 fully saturated rings. The first-order valence-corrected chi connectivity index (χ1v) is 6.67. The zero-order valence-corrected chi connectivity index (χ0v) is 10.8. The van der Waals surface area contributed by atoms with E-state index in [1.807, 2.05) is 0 Å². The Morgan fingerprint density at radius 3 is 3.06 bits per heavy atom. The summed E-state index contributed by atoms with van der Waals surface area (Å²) >= 11 is 0. The predicted octanol–water partition coefficient (Wildman–Crippen LogP) is 2.86. The number of hydrogen-bond donors (Lipinski definition) is 1. The molecule has 1 heterocycles. The number of carbonyl (C=O) groups excluding carboxylic acids is 1. The van der Waals surface area contributed by atoms with Crippen molar-refractivity contribution in [1.82, 2.24) is 4.98 Å². The van der Waals surface area contributed by atoms with E-state index >= 15 is 0 Å². The molecule has 18 heavy (non-hydrogen) atoms. The van der Waals surface area contributed by atoms with Crippen molar-refractivity contribution in [2.45, 2.75) is 32.6 Å². The van der Waals surface area contributed by atoms with Gasteiger partial charge in [0.15, 0.2) is 0 Å². The van der Waals surface area contributed by atoms with E-state index in [4.69, 9.17) is 4.74 Å². The van der Waals surface area contributed by atoms with Gasteiger partial charge in [0.1, 0.15) is 11.4 Å². The van der Waals surface area contributed by atoms with Crippen molar-refractivity contribution in [3.05, 3.63) is 23.9 Å². The Morgan fingerprint density at radius 1 is 1.56 bits per heavy atom. The highest BCUT2D eigenvalue weighted by Crippen LogP contribution is 2.29. The summed E-state index contributed by atoms with van der Waals surface area (Å²) in [5, 5.41) is 3.24. The van der Waals surface area contributed by atoms with Crippen LogP contribution >= 0.6 is 0 Å². The normalized spacial score (nSPS) is 14.9. The van der Waals surface area contributed by atoms with Gasteiger partial charge in [0, 0.05) is 12.7 Å². The molecule has 2 rings (SSSR count). The lowest BCUT2D eigenvalue weighted by Gasteiger charge is -2.25. The fraction of sp³-hybridized carbons (Fsp3) is 0.571. The van der Waals surface area contributed by atoms with Gasteiger partial charge in [-0.1, -0.05) is 19.3 Å². The molecule has 1 aliphatic rings. The number of rotatable bonds is 6. The molecular weight excluding hydrogens is 228 g/mol. The van der Waals surface area contributed by atoms with E-state index in [9.17, 15) is 4.79 Å². The van der Waals surface area contributed by atoms with E-state index in [2.05, 4.69) is 10.3 Å². The molecule has 1 aromatic heterocycles. The van der Waals surface area contributed by atoms with Gasteiger partial charge in [-0.05, 0) is 31.4 Å². The van der Waals surface area contributed by atoms with Crippen LogP contribution < -0.4 is 5.32 Å². The fourth-order valence-corrected chi connectivity index (χ4v) is 2.10. The van der Waals surface area contributed by atoms with E-state index in [1.54, 1.807) is 25.3 Å². The minimum Gasteiger partial charge on any atom is -0.462 e. The molecule has 0 radical (unpaired) electrons. The lowest BCUT2D eigenvalue weighted by Crippen LogP contribution is -2.17. The van der Waals surface area contributed by atoms with Gasteiger partial charge >= 0.3 is 5.97 Å². The van der Waals surface area contributed by atoms with Crippen LogP contribution in [0.5, 0.6) is 0 Å². The average molecular weight is 248 g/mol. The van der Waals surface area contributed by atoms with Crippen molar-refractivity contribution >= 4 is 11.8 Å². The van der Waals surface area contributed by atoms with E-state index in [0.29, 0.717) is 18.0 Å². The first-order valence-electron chi connectivity index (χ1n) is 6.67. The maximum atomic E-state index is 11.7. The van der Waals surface area contributed by atoms with Crippen molar-refractivity contribution < 1.29 is 9.53 Å². The van der Waals surface area contributed by atoms with E-state index in [1.165, 1.54) is 19.3 Å². The first kappa shape index (κ1) is 12.9. The Morgan fingerprint density at radius 2 is 2.39 bits per heavy atom. The monoisotopic (exact) mass is 248 g/mol. The molecule has 1 N–H and O–H groups in total. The van der Waals surface area contributed by atoms with Gasteiger partial charge in [-0.2, -0.15) is 0 Å². The van der Waals surface area contributed by atoms with E-state index in [-0.39, 0.29) is 5.97 Å². The van der Waals surface area contributed by atoms with Crippen LogP contribution in [0.25, 0.3) is 0 Å². The zero-order chi connectivity index (χ0) is 12.8. The molecule has 0 bridgehead atoms. The van der Waals surface area contributed by atoms with Crippen LogP contribution in [0.2, 0.25) is 0 Å². The lowest BCUT2D eigenvalue weighted by molar-refractivity contribution is 0.0527. The summed E-state index contributed by atoms with van der Waals surface area (Å²) in [5.41, 5.74) is 0.521. The summed E-state index contributed by atoms with van der Waals surface area (Å²) < 4.78 is 5.01. The molecule has 0 amide bonds. The van der Waals surface area contributed by atoms with Crippen LogP contribution in [-0.2, 0) is 4.74 Å². The Labute approximate surface area is 108 Å². The molecule has 4 nitrogen and oxygen atoms in total. The van der Waals surface area contributed by atoms with Crippen molar-refractivity contribution in [1.29, 1.82) is 0 Å². The largest absolute Gasteiger partial charge is 0.462 e. The number of hydrogen-bond acceptors (Lipinski definition) is 4. The fourth-order valence-electron chi connectivity index (χ4n) is 2.10. The highest BCUT2D eigenvalue weighted by molar-refractivity contribution is 5.94. The number of nitrogens with zero attached hydrogens (tertiary/aromatic N) is 1. The molecule has 0 aromatic carbocycles. The number of anilines is 1. The third-order valence-corrected chi connectivity index (χ3v) is 3.37. The number of ether oxygens (including phenoxy) is 1. The third-order valence-electron chi connectivity index (χ3n) is 3.37. The molecule has 0 aliphatic heterocycles. The van der Waals surface area contributed by atoms with Gasteiger partial charge in [-0.25, -0.2) is 9.78 Å². The van der Waals surface area contributed by atoms with Crippen molar-refractivity contribution in [2.24, 2.45) is 5.92 Å². The smallest absolute Gasteiger partial charge is 0.341 e. The van der Waals surface area contributed by atoms with Crippen LogP contribution in [0, 0.1) is 5.92 Å². The predicted molar refractivity (Wildman–Crippen MR) is 70.6 cm³/mol. The Bertz CT molecular complexity index is 403.